The van der Waals surface area contributed by atoms with E-state index in [1.807, 2.05) is 36.4 Å². The fraction of sp³-hybridized carbons (Fsp3) is 0.321. The number of rotatable bonds is 6. The Kier molecular flexibility index (Phi) is 7.31. The van der Waals surface area contributed by atoms with Gasteiger partial charge in [-0.2, -0.15) is 0 Å². The fourth-order valence-corrected chi connectivity index (χ4v) is 3.96. The van der Waals surface area contributed by atoms with E-state index in [0.717, 1.165) is 42.9 Å². The summed E-state index contributed by atoms with van der Waals surface area (Å²) < 4.78 is 19.6. The molecule has 0 aliphatic carbocycles. The van der Waals surface area contributed by atoms with E-state index in [2.05, 4.69) is 26.9 Å². The summed E-state index contributed by atoms with van der Waals surface area (Å²) in [7, 11) is 0. The first-order chi connectivity index (χ1) is 16.8. The number of aliphatic carboxylic acids is 1. The van der Waals surface area contributed by atoms with E-state index in [4.69, 9.17) is 4.74 Å². The zero-order valence-electron chi connectivity index (χ0n) is 19.9. The molecule has 0 spiro atoms. The minimum absolute atomic E-state index is 0.0295. The van der Waals surface area contributed by atoms with Crippen molar-refractivity contribution in [1.29, 1.82) is 0 Å². The summed E-state index contributed by atoms with van der Waals surface area (Å²) in [5, 5.41) is 17.9. The molecule has 35 heavy (non-hydrogen) atoms. The predicted molar refractivity (Wildman–Crippen MR) is 132 cm³/mol. The highest BCUT2D eigenvalue weighted by Crippen LogP contribution is 2.24. The number of hydrogen-bond acceptors (Lipinski definition) is 5. The van der Waals surface area contributed by atoms with Crippen molar-refractivity contribution in [3.05, 3.63) is 83.3 Å². The van der Waals surface area contributed by atoms with Gasteiger partial charge in [0.25, 0.3) is 0 Å². The van der Waals surface area contributed by atoms with Gasteiger partial charge in [0.05, 0.1) is 5.41 Å². The maximum atomic E-state index is 13.8. The first-order valence-corrected chi connectivity index (χ1v) is 11.6. The molecule has 2 aromatic carbocycles. The number of ether oxygens (including phenoxy) is 1. The van der Waals surface area contributed by atoms with E-state index >= 15 is 0 Å². The van der Waals surface area contributed by atoms with E-state index < -0.39 is 11.4 Å². The van der Waals surface area contributed by atoms with Crippen LogP contribution in [0.5, 0.6) is 5.75 Å². The quantitative estimate of drug-likeness (QED) is 0.523. The van der Waals surface area contributed by atoms with Crippen molar-refractivity contribution in [2.75, 3.05) is 18.0 Å². The molecule has 1 aliphatic heterocycles. The van der Waals surface area contributed by atoms with Gasteiger partial charge in [0.2, 0.25) is 0 Å². The second kappa shape index (κ2) is 10.6. The number of anilines is 1. The largest absolute Gasteiger partial charge is 0.487 e. The van der Waals surface area contributed by atoms with Crippen molar-refractivity contribution in [3.63, 3.8) is 0 Å². The molecule has 7 heteroatoms. The average molecular weight is 474 g/mol. The molecule has 1 N–H and O–H groups in total. The van der Waals surface area contributed by atoms with Gasteiger partial charge < -0.3 is 14.7 Å². The van der Waals surface area contributed by atoms with E-state index in [-0.39, 0.29) is 11.9 Å². The van der Waals surface area contributed by atoms with Crippen LogP contribution >= 0.6 is 0 Å². The second-order valence-corrected chi connectivity index (χ2v) is 9.33. The summed E-state index contributed by atoms with van der Waals surface area (Å²) >= 11 is 0. The van der Waals surface area contributed by atoms with Gasteiger partial charge in [-0.3, -0.25) is 4.79 Å². The van der Waals surface area contributed by atoms with Crippen LogP contribution in [-0.2, 0) is 11.2 Å². The minimum atomic E-state index is -0.842. The van der Waals surface area contributed by atoms with Crippen LogP contribution in [0.25, 0.3) is 0 Å². The van der Waals surface area contributed by atoms with Crippen molar-refractivity contribution in [1.82, 2.24) is 10.2 Å². The summed E-state index contributed by atoms with van der Waals surface area (Å²) in [5.41, 5.74) is 1.44. The Hall–Kier alpha value is -3.92. The Labute approximate surface area is 204 Å². The molecule has 0 saturated carbocycles. The first kappa shape index (κ1) is 24.2. The van der Waals surface area contributed by atoms with Crippen molar-refractivity contribution >= 4 is 11.8 Å². The molecule has 1 aromatic heterocycles. The van der Waals surface area contributed by atoms with Crippen LogP contribution in [0, 0.1) is 23.1 Å². The standard InChI is InChI=1S/C28H28FN3O3/c1-28(2,27(33)34)19-21-7-5-6-20(18-21)10-11-22-12-13-26(31-30-22)32-16-14-23(15-17-32)35-25-9-4-3-8-24(25)29/h3-9,12-13,18,23H,14-17,19H2,1-2H3,(H,33,34). The molecule has 0 radical (unpaired) electrons. The molecule has 180 valence electrons. The topological polar surface area (TPSA) is 75.5 Å². The van der Waals surface area contributed by atoms with Crippen LogP contribution in [0.2, 0.25) is 0 Å². The average Bonchev–Trinajstić information content (AvgIpc) is 2.85. The van der Waals surface area contributed by atoms with Gasteiger partial charge in [-0.05, 0) is 68.2 Å². The maximum Gasteiger partial charge on any atom is 0.309 e. The lowest BCUT2D eigenvalue weighted by Crippen LogP contribution is -2.38. The summed E-state index contributed by atoms with van der Waals surface area (Å²) in [4.78, 5) is 13.5. The van der Waals surface area contributed by atoms with Crippen LogP contribution in [0.1, 0.15) is 43.5 Å². The highest BCUT2D eigenvalue weighted by molar-refractivity contribution is 5.74. The van der Waals surface area contributed by atoms with Crippen LogP contribution in [0.15, 0.2) is 60.7 Å². The molecule has 3 aromatic rings. The Morgan fingerprint density at radius 3 is 2.54 bits per heavy atom. The van der Waals surface area contributed by atoms with Gasteiger partial charge in [0.1, 0.15) is 11.8 Å². The molecule has 0 unspecified atom stereocenters. The summed E-state index contributed by atoms with van der Waals surface area (Å²) in [5.74, 6) is 6.02. The summed E-state index contributed by atoms with van der Waals surface area (Å²) in [6, 6.07) is 17.8. The Morgan fingerprint density at radius 2 is 1.86 bits per heavy atom. The van der Waals surface area contributed by atoms with E-state index in [9.17, 15) is 14.3 Å². The number of nitrogens with zero attached hydrogens (tertiary/aromatic N) is 3. The second-order valence-electron chi connectivity index (χ2n) is 9.33. The number of carbonyl (C=O) groups is 1. The van der Waals surface area contributed by atoms with Crippen LogP contribution < -0.4 is 9.64 Å². The van der Waals surface area contributed by atoms with Crippen LogP contribution in [0.4, 0.5) is 10.2 Å². The number of aromatic nitrogens is 2. The number of piperidine rings is 1. The number of hydrogen-bond donors (Lipinski definition) is 1. The lowest BCUT2D eigenvalue weighted by Gasteiger charge is -2.32. The van der Waals surface area contributed by atoms with E-state index in [1.165, 1.54) is 6.07 Å². The van der Waals surface area contributed by atoms with Gasteiger partial charge in [0.15, 0.2) is 17.4 Å². The van der Waals surface area contributed by atoms with E-state index in [0.29, 0.717) is 17.9 Å². The lowest BCUT2D eigenvalue weighted by molar-refractivity contribution is -0.146. The van der Waals surface area contributed by atoms with Crippen molar-refractivity contribution in [2.24, 2.45) is 5.41 Å². The highest BCUT2D eigenvalue weighted by atomic mass is 19.1. The molecule has 6 nitrogen and oxygen atoms in total. The molecule has 0 atom stereocenters. The van der Waals surface area contributed by atoms with Crippen molar-refractivity contribution in [2.45, 2.75) is 39.2 Å². The molecule has 0 amide bonds. The minimum Gasteiger partial charge on any atom is -0.487 e. The molecule has 1 saturated heterocycles. The van der Waals surface area contributed by atoms with E-state index in [1.54, 1.807) is 32.0 Å². The normalized spacial score (nSPS) is 14.2. The number of para-hydroxylation sites is 1. The summed E-state index contributed by atoms with van der Waals surface area (Å²) in [6.07, 6.45) is 1.94. The van der Waals surface area contributed by atoms with Crippen molar-refractivity contribution in [3.8, 4) is 17.6 Å². The summed E-state index contributed by atoms with van der Waals surface area (Å²) in [6.45, 7) is 4.92. The molecule has 1 aliphatic rings. The van der Waals surface area contributed by atoms with Crippen LogP contribution in [-0.4, -0.2) is 40.5 Å². The Morgan fingerprint density at radius 1 is 1.09 bits per heavy atom. The molecular weight excluding hydrogens is 445 g/mol. The predicted octanol–water partition coefficient (Wildman–Crippen LogP) is 4.72. The molecular formula is C28H28FN3O3. The van der Waals surface area contributed by atoms with Gasteiger partial charge in [0, 0.05) is 31.5 Å². The molecule has 4 rings (SSSR count). The number of carboxylic acids is 1. The van der Waals surface area contributed by atoms with Crippen LogP contribution in [0.3, 0.4) is 0 Å². The third kappa shape index (κ3) is 6.36. The van der Waals surface area contributed by atoms with Gasteiger partial charge >= 0.3 is 5.97 Å². The number of carboxylic acid groups (broad SMARTS) is 1. The molecule has 1 fully saturated rings. The van der Waals surface area contributed by atoms with Gasteiger partial charge in [-0.25, -0.2) is 4.39 Å². The molecule has 2 heterocycles. The SMILES string of the molecule is CC(C)(Cc1cccc(C#Cc2ccc(N3CCC(Oc4ccccc4F)CC3)nn2)c1)C(=O)O. The van der Waals surface area contributed by atoms with Gasteiger partial charge in [-0.15, -0.1) is 10.2 Å². The highest BCUT2D eigenvalue weighted by Gasteiger charge is 2.27. The monoisotopic (exact) mass is 473 g/mol. The zero-order valence-corrected chi connectivity index (χ0v) is 19.9. The zero-order chi connectivity index (χ0) is 24.8. The number of halogens is 1. The van der Waals surface area contributed by atoms with Crippen molar-refractivity contribution < 1.29 is 19.0 Å². The fourth-order valence-electron chi connectivity index (χ4n) is 3.96. The Balaban J connectivity index is 1.34. The Bertz CT molecular complexity index is 1240. The molecule has 0 bridgehead atoms. The third-order valence-corrected chi connectivity index (χ3v) is 6.03. The first-order valence-electron chi connectivity index (χ1n) is 11.6. The smallest absolute Gasteiger partial charge is 0.309 e. The number of benzene rings is 2. The lowest BCUT2D eigenvalue weighted by atomic mass is 9.85. The maximum absolute atomic E-state index is 13.8. The van der Waals surface area contributed by atoms with Gasteiger partial charge in [-0.1, -0.05) is 30.2 Å². The third-order valence-electron chi connectivity index (χ3n) is 6.03.